The third-order valence-electron chi connectivity index (χ3n) is 3.72. The van der Waals surface area contributed by atoms with Gasteiger partial charge in [0.1, 0.15) is 0 Å². The molecule has 1 N–H and O–H groups in total. The van der Waals surface area contributed by atoms with E-state index in [1.165, 1.54) is 19.3 Å². The van der Waals surface area contributed by atoms with Gasteiger partial charge in [-0.15, -0.1) is 0 Å². The van der Waals surface area contributed by atoms with Gasteiger partial charge in [-0.1, -0.05) is 40.9 Å². The highest BCUT2D eigenvalue weighted by Gasteiger charge is 2.16. The van der Waals surface area contributed by atoms with Crippen molar-refractivity contribution in [2.24, 2.45) is 0 Å². The Kier molecular flexibility index (Phi) is 6.44. The zero-order valence-electron chi connectivity index (χ0n) is 11.6. The van der Waals surface area contributed by atoms with Gasteiger partial charge in [-0.25, -0.2) is 0 Å². The van der Waals surface area contributed by atoms with Gasteiger partial charge in [0, 0.05) is 12.6 Å². The standard InChI is InChI=1S/C15H20Cl3NO/c1-10(12-5-6-13(16)15(18)14(12)17)19-8-7-11-4-2-3-9-20-11/h5-6,10-11,19H,2-4,7-9H2,1H3. The van der Waals surface area contributed by atoms with Crippen LogP contribution < -0.4 is 5.32 Å². The summed E-state index contributed by atoms with van der Waals surface area (Å²) in [5.41, 5.74) is 0.977. The maximum absolute atomic E-state index is 6.24. The van der Waals surface area contributed by atoms with Crippen LogP contribution in [-0.4, -0.2) is 19.3 Å². The van der Waals surface area contributed by atoms with Crippen LogP contribution in [0.25, 0.3) is 0 Å². The quantitative estimate of drug-likeness (QED) is 0.741. The first kappa shape index (κ1) is 16.4. The van der Waals surface area contributed by atoms with Crippen LogP contribution in [0.15, 0.2) is 12.1 Å². The van der Waals surface area contributed by atoms with E-state index in [1.807, 2.05) is 6.07 Å². The number of hydrogen-bond donors (Lipinski definition) is 1. The van der Waals surface area contributed by atoms with Crippen LogP contribution in [0.1, 0.15) is 44.2 Å². The predicted octanol–water partition coefficient (Wildman–Crippen LogP) is 5.26. The Morgan fingerprint density at radius 2 is 2.05 bits per heavy atom. The van der Waals surface area contributed by atoms with Crippen molar-refractivity contribution in [2.75, 3.05) is 13.2 Å². The smallest absolute Gasteiger partial charge is 0.0781 e. The molecule has 1 aliphatic heterocycles. The van der Waals surface area contributed by atoms with E-state index in [2.05, 4.69) is 12.2 Å². The lowest BCUT2D eigenvalue weighted by atomic mass is 10.1. The molecule has 1 fully saturated rings. The Morgan fingerprint density at radius 1 is 1.25 bits per heavy atom. The first-order valence-corrected chi connectivity index (χ1v) is 8.21. The summed E-state index contributed by atoms with van der Waals surface area (Å²) in [5.74, 6) is 0. The minimum Gasteiger partial charge on any atom is -0.378 e. The molecule has 0 aliphatic carbocycles. The first-order valence-electron chi connectivity index (χ1n) is 7.08. The molecule has 0 amide bonds. The summed E-state index contributed by atoms with van der Waals surface area (Å²) in [6, 6.07) is 3.85. The van der Waals surface area contributed by atoms with E-state index in [4.69, 9.17) is 39.5 Å². The van der Waals surface area contributed by atoms with E-state index in [1.54, 1.807) is 6.07 Å². The van der Waals surface area contributed by atoms with Crippen molar-refractivity contribution in [3.05, 3.63) is 32.8 Å². The summed E-state index contributed by atoms with van der Waals surface area (Å²) in [4.78, 5) is 0. The molecule has 0 aromatic heterocycles. The van der Waals surface area contributed by atoms with Crippen LogP contribution in [0.2, 0.25) is 15.1 Å². The summed E-state index contributed by atoms with van der Waals surface area (Å²) >= 11 is 18.3. The monoisotopic (exact) mass is 335 g/mol. The average Bonchev–Trinajstić information content (AvgIpc) is 2.46. The maximum atomic E-state index is 6.24. The van der Waals surface area contributed by atoms with Gasteiger partial charge < -0.3 is 10.1 Å². The molecule has 1 aliphatic rings. The zero-order valence-corrected chi connectivity index (χ0v) is 13.9. The van der Waals surface area contributed by atoms with E-state index < -0.39 is 0 Å². The highest BCUT2D eigenvalue weighted by Crippen LogP contribution is 2.35. The number of benzene rings is 1. The molecule has 1 aromatic carbocycles. The Balaban J connectivity index is 1.85. The van der Waals surface area contributed by atoms with Gasteiger partial charge in [-0.05, 0) is 50.8 Å². The Hall–Kier alpha value is 0.01000. The highest BCUT2D eigenvalue weighted by molar-refractivity contribution is 6.48. The van der Waals surface area contributed by atoms with Crippen LogP contribution in [0.5, 0.6) is 0 Å². The average molecular weight is 337 g/mol. The molecule has 5 heteroatoms. The number of ether oxygens (including phenoxy) is 1. The number of halogens is 3. The Bertz CT molecular complexity index is 447. The molecule has 2 atom stereocenters. The summed E-state index contributed by atoms with van der Waals surface area (Å²) < 4.78 is 5.72. The first-order chi connectivity index (χ1) is 9.59. The van der Waals surface area contributed by atoms with Crippen molar-refractivity contribution in [1.29, 1.82) is 0 Å². The molecular weight excluding hydrogens is 317 g/mol. The molecular formula is C15H20Cl3NO. The van der Waals surface area contributed by atoms with Crippen molar-refractivity contribution in [1.82, 2.24) is 5.32 Å². The minimum absolute atomic E-state index is 0.140. The molecule has 0 bridgehead atoms. The molecule has 20 heavy (non-hydrogen) atoms. The largest absolute Gasteiger partial charge is 0.378 e. The van der Waals surface area contributed by atoms with Crippen molar-refractivity contribution in [2.45, 2.75) is 44.8 Å². The minimum atomic E-state index is 0.140. The molecule has 2 unspecified atom stereocenters. The van der Waals surface area contributed by atoms with Crippen molar-refractivity contribution < 1.29 is 4.74 Å². The second-order valence-electron chi connectivity index (χ2n) is 5.22. The van der Waals surface area contributed by atoms with Gasteiger partial charge in [0.25, 0.3) is 0 Å². The van der Waals surface area contributed by atoms with Crippen LogP contribution in [0, 0.1) is 0 Å². The van der Waals surface area contributed by atoms with E-state index >= 15 is 0 Å². The fourth-order valence-corrected chi connectivity index (χ4v) is 3.19. The normalized spacial score (nSPS) is 20.9. The summed E-state index contributed by atoms with van der Waals surface area (Å²) in [6.07, 6.45) is 5.07. The molecule has 0 spiro atoms. The SMILES string of the molecule is CC(NCCC1CCCCO1)c1ccc(Cl)c(Cl)c1Cl. The molecule has 1 aromatic rings. The van der Waals surface area contributed by atoms with Crippen LogP contribution >= 0.6 is 34.8 Å². The van der Waals surface area contributed by atoms with Gasteiger partial charge in [-0.2, -0.15) is 0 Å². The summed E-state index contributed by atoms with van der Waals surface area (Å²) in [6.45, 7) is 3.88. The summed E-state index contributed by atoms with van der Waals surface area (Å²) in [7, 11) is 0. The van der Waals surface area contributed by atoms with E-state index in [0.717, 1.165) is 25.1 Å². The predicted molar refractivity (Wildman–Crippen MR) is 86.1 cm³/mol. The van der Waals surface area contributed by atoms with Crippen molar-refractivity contribution >= 4 is 34.8 Å². The molecule has 1 saturated heterocycles. The highest BCUT2D eigenvalue weighted by atomic mass is 35.5. The van der Waals surface area contributed by atoms with Gasteiger partial charge in [0.05, 0.1) is 21.2 Å². The van der Waals surface area contributed by atoms with Crippen molar-refractivity contribution in [3.63, 3.8) is 0 Å². The molecule has 2 nitrogen and oxygen atoms in total. The Morgan fingerprint density at radius 3 is 2.75 bits per heavy atom. The second-order valence-corrected chi connectivity index (χ2v) is 6.38. The molecule has 0 radical (unpaired) electrons. The lowest BCUT2D eigenvalue weighted by Gasteiger charge is -2.24. The Labute approximate surface area is 135 Å². The van der Waals surface area contributed by atoms with Gasteiger partial charge in [0.2, 0.25) is 0 Å². The van der Waals surface area contributed by atoms with E-state index in [9.17, 15) is 0 Å². The molecule has 1 heterocycles. The van der Waals surface area contributed by atoms with Crippen molar-refractivity contribution in [3.8, 4) is 0 Å². The number of nitrogens with one attached hydrogen (secondary N) is 1. The van der Waals surface area contributed by atoms with Crippen LogP contribution in [0.4, 0.5) is 0 Å². The molecule has 112 valence electrons. The van der Waals surface area contributed by atoms with Crippen LogP contribution in [0.3, 0.4) is 0 Å². The van der Waals surface area contributed by atoms with E-state index in [-0.39, 0.29) is 6.04 Å². The number of hydrogen-bond acceptors (Lipinski definition) is 2. The third-order valence-corrected chi connectivity index (χ3v) is 5.03. The van der Waals surface area contributed by atoms with Gasteiger partial charge in [0.15, 0.2) is 0 Å². The molecule has 2 rings (SSSR count). The van der Waals surface area contributed by atoms with Gasteiger partial charge in [-0.3, -0.25) is 0 Å². The fraction of sp³-hybridized carbons (Fsp3) is 0.600. The van der Waals surface area contributed by atoms with Gasteiger partial charge >= 0.3 is 0 Å². The lowest BCUT2D eigenvalue weighted by Crippen LogP contribution is -2.27. The van der Waals surface area contributed by atoms with E-state index in [0.29, 0.717) is 21.2 Å². The lowest BCUT2D eigenvalue weighted by molar-refractivity contribution is 0.0112. The second kappa shape index (κ2) is 7.86. The number of rotatable bonds is 5. The third kappa shape index (κ3) is 4.25. The molecule has 0 saturated carbocycles. The topological polar surface area (TPSA) is 21.3 Å². The van der Waals surface area contributed by atoms with Crippen LogP contribution in [-0.2, 0) is 4.74 Å². The fourth-order valence-electron chi connectivity index (χ4n) is 2.48. The zero-order chi connectivity index (χ0) is 14.5. The maximum Gasteiger partial charge on any atom is 0.0781 e. The summed E-state index contributed by atoms with van der Waals surface area (Å²) in [5, 5.41) is 4.92.